The lowest BCUT2D eigenvalue weighted by Crippen LogP contribution is -2.14. The van der Waals surface area contributed by atoms with Crippen molar-refractivity contribution in [2.75, 3.05) is 16.8 Å². The number of nitrogens with zero attached hydrogens (tertiary/aromatic N) is 2. The van der Waals surface area contributed by atoms with Gasteiger partial charge in [-0.3, -0.25) is 14.6 Å². The summed E-state index contributed by atoms with van der Waals surface area (Å²) < 4.78 is 0. The summed E-state index contributed by atoms with van der Waals surface area (Å²) in [6, 6.07) is 5.07. The Balaban J connectivity index is 2.46. The molecule has 0 spiro atoms. The molecule has 0 bridgehead atoms. The number of amides is 1. The smallest absolute Gasteiger partial charge is 0.309 e. The zero-order chi connectivity index (χ0) is 13.4. The third kappa shape index (κ3) is 5.32. The van der Waals surface area contributed by atoms with E-state index >= 15 is 0 Å². The third-order valence-corrected chi connectivity index (χ3v) is 2.64. The van der Waals surface area contributed by atoms with Gasteiger partial charge in [-0.1, -0.05) is 0 Å². The fourth-order valence-corrected chi connectivity index (χ4v) is 1.60. The summed E-state index contributed by atoms with van der Waals surface area (Å²) in [5.74, 6) is -0.705. The van der Waals surface area contributed by atoms with E-state index in [1.807, 2.05) is 6.07 Å². The number of hydrogen-bond donors (Lipinski definition) is 2. The second-order valence-electron chi connectivity index (χ2n) is 3.31. The van der Waals surface area contributed by atoms with Crippen LogP contribution in [0.25, 0.3) is 0 Å². The topological polar surface area (TPSA) is 103 Å². The van der Waals surface area contributed by atoms with E-state index in [2.05, 4.69) is 10.3 Å². The van der Waals surface area contributed by atoms with Crippen molar-refractivity contribution in [1.29, 1.82) is 5.26 Å². The molecule has 7 heteroatoms. The fraction of sp³-hybridized carbons (Fsp3) is 0.273. The van der Waals surface area contributed by atoms with Gasteiger partial charge in [-0.05, 0) is 12.1 Å². The molecule has 0 saturated heterocycles. The number of pyridine rings is 1. The second-order valence-corrected chi connectivity index (χ2v) is 4.29. The molecule has 0 radical (unpaired) electrons. The number of carbonyl (C=O) groups is 2. The van der Waals surface area contributed by atoms with Gasteiger partial charge in [0.05, 0.1) is 41.6 Å². The number of carbonyl (C=O) groups excluding carboxylic acids is 1. The van der Waals surface area contributed by atoms with Gasteiger partial charge in [0, 0.05) is 0 Å². The molecule has 1 rings (SSSR count). The monoisotopic (exact) mass is 265 g/mol. The first-order valence-electron chi connectivity index (χ1n) is 5.03. The van der Waals surface area contributed by atoms with Gasteiger partial charge in [-0.15, -0.1) is 11.8 Å². The maximum atomic E-state index is 11.4. The average molecular weight is 265 g/mol. The first kappa shape index (κ1) is 14.0. The second kappa shape index (κ2) is 7.29. The van der Waals surface area contributed by atoms with Crippen molar-refractivity contribution < 1.29 is 14.7 Å². The lowest BCUT2D eigenvalue weighted by Gasteiger charge is -2.04. The minimum atomic E-state index is -0.952. The van der Waals surface area contributed by atoms with Gasteiger partial charge < -0.3 is 10.4 Å². The number of nitriles is 1. The lowest BCUT2D eigenvalue weighted by molar-refractivity contribution is -0.136. The maximum Gasteiger partial charge on any atom is 0.309 e. The molecule has 1 aromatic rings. The van der Waals surface area contributed by atoms with Gasteiger partial charge in [-0.2, -0.15) is 5.26 Å². The average Bonchev–Trinajstić information content (AvgIpc) is 2.31. The predicted octanol–water partition coefficient (Wildman–Crippen LogP) is 0.904. The van der Waals surface area contributed by atoms with E-state index in [0.29, 0.717) is 11.4 Å². The van der Waals surface area contributed by atoms with Crippen molar-refractivity contribution in [3.8, 4) is 6.07 Å². The van der Waals surface area contributed by atoms with Crippen LogP contribution in [0.3, 0.4) is 0 Å². The van der Waals surface area contributed by atoms with E-state index in [1.165, 1.54) is 18.0 Å². The number of hydrogen-bond acceptors (Lipinski definition) is 5. The number of aliphatic carboxylic acids is 1. The first-order valence-corrected chi connectivity index (χ1v) is 6.18. The number of carboxylic acid groups (broad SMARTS) is 1. The zero-order valence-corrected chi connectivity index (χ0v) is 10.2. The van der Waals surface area contributed by atoms with Gasteiger partial charge in [0.25, 0.3) is 0 Å². The molecule has 0 aliphatic carbocycles. The van der Waals surface area contributed by atoms with Crippen LogP contribution < -0.4 is 5.32 Å². The first-order chi connectivity index (χ1) is 8.61. The summed E-state index contributed by atoms with van der Waals surface area (Å²) in [6.45, 7) is 0. The summed E-state index contributed by atoms with van der Waals surface area (Å²) in [5, 5.41) is 19.5. The van der Waals surface area contributed by atoms with Crippen molar-refractivity contribution in [1.82, 2.24) is 4.98 Å². The number of nitrogens with one attached hydrogen (secondary N) is 1. The molecular weight excluding hydrogens is 254 g/mol. The maximum absolute atomic E-state index is 11.4. The molecule has 0 saturated carbocycles. The Morgan fingerprint density at radius 2 is 2.28 bits per heavy atom. The minimum absolute atomic E-state index is 0.147. The molecule has 0 aliphatic heterocycles. The van der Waals surface area contributed by atoms with Crippen LogP contribution in [0.1, 0.15) is 5.69 Å². The Morgan fingerprint density at radius 3 is 2.83 bits per heavy atom. The highest BCUT2D eigenvalue weighted by molar-refractivity contribution is 8.00. The zero-order valence-electron chi connectivity index (χ0n) is 9.42. The highest BCUT2D eigenvalue weighted by Gasteiger charge is 2.04. The van der Waals surface area contributed by atoms with E-state index in [0.717, 1.165) is 0 Å². The molecule has 2 N–H and O–H groups in total. The van der Waals surface area contributed by atoms with Gasteiger partial charge in [-0.25, -0.2) is 0 Å². The molecule has 0 atom stereocenters. The van der Waals surface area contributed by atoms with Crippen LogP contribution in [0.5, 0.6) is 0 Å². The normalized spacial score (nSPS) is 9.50. The van der Waals surface area contributed by atoms with Gasteiger partial charge in [0.1, 0.15) is 0 Å². The number of carboxylic acids is 1. The molecule has 18 heavy (non-hydrogen) atoms. The van der Waals surface area contributed by atoms with Crippen molar-refractivity contribution in [3.05, 3.63) is 24.0 Å². The van der Waals surface area contributed by atoms with E-state index in [-0.39, 0.29) is 23.8 Å². The molecule has 0 unspecified atom stereocenters. The molecule has 1 aromatic heterocycles. The molecule has 6 nitrogen and oxygen atoms in total. The Bertz CT molecular complexity index is 467. The van der Waals surface area contributed by atoms with E-state index in [9.17, 15) is 9.59 Å². The summed E-state index contributed by atoms with van der Waals surface area (Å²) in [6.07, 6.45) is 1.26. The SMILES string of the molecule is N#CCSCC(=O)Nc1ccc(CC(=O)O)nc1. The Hall–Kier alpha value is -2.07. The van der Waals surface area contributed by atoms with Crippen LogP contribution >= 0.6 is 11.8 Å². The number of rotatable bonds is 6. The van der Waals surface area contributed by atoms with Crippen molar-refractivity contribution in [2.24, 2.45) is 0 Å². The van der Waals surface area contributed by atoms with Crippen LogP contribution in [0.4, 0.5) is 5.69 Å². The fourth-order valence-electron chi connectivity index (χ4n) is 1.14. The molecular formula is C11H11N3O3S. The third-order valence-electron chi connectivity index (χ3n) is 1.84. The van der Waals surface area contributed by atoms with Crippen molar-refractivity contribution in [2.45, 2.75) is 6.42 Å². The number of thioether (sulfide) groups is 1. The van der Waals surface area contributed by atoms with E-state index < -0.39 is 5.97 Å². The van der Waals surface area contributed by atoms with Crippen molar-refractivity contribution in [3.63, 3.8) is 0 Å². The lowest BCUT2D eigenvalue weighted by atomic mass is 10.2. The minimum Gasteiger partial charge on any atom is -0.481 e. The Morgan fingerprint density at radius 1 is 1.50 bits per heavy atom. The van der Waals surface area contributed by atoms with Gasteiger partial charge >= 0.3 is 5.97 Å². The molecule has 1 heterocycles. The van der Waals surface area contributed by atoms with Gasteiger partial charge in [0.2, 0.25) is 5.91 Å². The predicted molar refractivity (Wildman–Crippen MR) is 67.1 cm³/mol. The molecule has 0 fully saturated rings. The Labute approximate surface area is 108 Å². The standard InChI is InChI=1S/C11H11N3O3S/c12-3-4-18-7-10(15)14-9-2-1-8(13-6-9)5-11(16)17/h1-2,6H,4-5,7H2,(H,14,15)(H,16,17). The van der Waals surface area contributed by atoms with Crippen LogP contribution in [-0.4, -0.2) is 33.5 Å². The van der Waals surface area contributed by atoms with Crippen molar-refractivity contribution >= 4 is 29.3 Å². The van der Waals surface area contributed by atoms with E-state index in [1.54, 1.807) is 12.1 Å². The molecule has 0 aromatic carbocycles. The summed E-state index contributed by atoms with van der Waals surface area (Å²) in [4.78, 5) is 25.7. The number of anilines is 1. The summed E-state index contributed by atoms with van der Waals surface area (Å²) >= 11 is 1.22. The molecule has 94 valence electrons. The van der Waals surface area contributed by atoms with Crippen LogP contribution in [0.15, 0.2) is 18.3 Å². The summed E-state index contributed by atoms with van der Waals surface area (Å²) in [5.41, 5.74) is 0.936. The summed E-state index contributed by atoms with van der Waals surface area (Å²) in [7, 11) is 0. The molecule has 0 aliphatic rings. The largest absolute Gasteiger partial charge is 0.481 e. The molecule has 1 amide bonds. The van der Waals surface area contributed by atoms with Crippen LogP contribution in [-0.2, 0) is 16.0 Å². The highest BCUT2D eigenvalue weighted by Crippen LogP contribution is 2.08. The quantitative estimate of drug-likeness (QED) is 0.741. The van der Waals surface area contributed by atoms with Crippen LogP contribution in [0.2, 0.25) is 0 Å². The highest BCUT2D eigenvalue weighted by atomic mass is 32.2. The number of aromatic nitrogens is 1. The van der Waals surface area contributed by atoms with Gasteiger partial charge in [0.15, 0.2) is 0 Å². The van der Waals surface area contributed by atoms with Crippen LogP contribution in [0, 0.1) is 11.3 Å². The Kier molecular flexibility index (Phi) is 5.67. The van der Waals surface area contributed by atoms with E-state index in [4.69, 9.17) is 10.4 Å².